The summed E-state index contributed by atoms with van der Waals surface area (Å²) in [6.45, 7) is 11.1. The standard InChI is InChI=1S/C12H23NO2/c1-9(2)11-12(10(3)4)15-8-13(11)6-7-14-5/h9-10H,6-8H2,1-5H3. The Kier molecular flexibility index (Phi) is 4.45. The monoisotopic (exact) mass is 213 g/mol. The lowest BCUT2D eigenvalue weighted by atomic mass is 10.0. The molecule has 0 amide bonds. The van der Waals surface area contributed by atoms with Gasteiger partial charge >= 0.3 is 0 Å². The highest BCUT2D eigenvalue weighted by atomic mass is 16.5. The fourth-order valence-electron chi connectivity index (χ4n) is 1.95. The topological polar surface area (TPSA) is 21.7 Å². The van der Waals surface area contributed by atoms with Gasteiger partial charge in [0.05, 0.1) is 12.3 Å². The molecule has 0 N–H and O–H groups in total. The van der Waals surface area contributed by atoms with Crippen molar-refractivity contribution in [3.63, 3.8) is 0 Å². The van der Waals surface area contributed by atoms with Crippen LogP contribution < -0.4 is 0 Å². The van der Waals surface area contributed by atoms with Crippen LogP contribution in [0, 0.1) is 11.8 Å². The highest BCUT2D eigenvalue weighted by Gasteiger charge is 2.27. The Labute approximate surface area is 93.0 Å². The molecular formula is C12H23NO2. The summed E-state index contributed by atoms with van der Waals surface area (Å²) in [6.07, 6.45) is 0. The first-order valence-corrected chi connectivity index (χ1v) is 5.68. The molecule has 0 atom stereocenters. The van der Waals surface area contributed by atoms with Gasteiger partial charge in [0.1, 0.15) is 5.76 Å². The second-order valence-corrected chi connectivity index (χ2v) is 4.59. The van der Waals surface area contributed by atoms with E-state index in [4.69, 9.17) is 9.47 Å². The summed E-state index contributed by atoms with van der Waals surface area (Å²) in [5, 5.41) is 0. The van der Waals surface area contributed by atoms with E-state index in [1.807, 2.05) is 0 Å². The van der Waals surface area contributed by atoms with Gasteiger partial charge in [-0.2, -0.15) is 0 Å². The van der Waals surface area contributed by atoms with Crippen molar-refractivity contribution in [1.82, 2.24) is 4.90 Å². The zero-order chi connectivity index (χ0) is 11.4. The van der Waals surface area contributed by atoms with E-state index in [1.165, 1.54) is 5.70 Å². The van der Waals surface area contributed by atoms with Gasteiger partial charge in [-0.1, -0.05) is 27.7 Å². The van der Waals surface area contributed by atoms with Gasteiger partial charge in [0.2, 0.25) is 0 Å². The predicted molar refractivity (Wildman–Crippen MR) is 61.2 cm³/mol. The molecule has 0 saturated carbocycles. The maximum Gasteiger partial charge on any atom is 0.161 e. The number of nitrogens with zero attached hydrogens (tertiary/aromatic N) is 1. The van der Waals surface area contributed by atoms with E-state index in [0.717, 1.165) is 18.9 Å². The van der Waals surface area contributed by atoms with Gasteiger partial charge in [-0.3, -0.25) is 0 Å². The van der Waals surface area contributed by atoms with Gasteiger partial charge in [0.15, 0.2) is 6.73 Å². The molecule has 3 nitrogen and oxygen atoms in total. The summed E-state index contributed by atoms with van der Waals surface area (Å²) in [5.74, 6) is 2.14. The Balaban J connectivity index is 2.75. The molecule has 88 valence electrons. The van der Waals surface area contributed by atoms with Crippen LogP contribution in [0.5, 0.6) is 0 Å². The third-order valence-electron chi connectivity index (χ3n) is 2.61. The Morgan fingerprint density at radius 3 is 2.40 bits per heavy atom. The van der Waals surface area contributed by atoms with Gasteiger partial charge in [-0.05, 0) is 5.92 Å². The van der Waals surface area contributed by atoms with Crippen LogP contribution in [0.25, 0.3) is 0 Å². The zero-order valence-electron chi connectivity index (χ0n) is 10.5. The third-order valence-corrected chi connectivity index (χ3v) is 2.61. The molecular weight excluding hydrogens is 190 g/mol. The van der Waals surface area contributed by atoms with Crippen LogP contribution in [0.2, 0.25) is 0 Å². The summed E-state index contributed by atoms with van der Waals surface area (Å²) < 4.78 is 10.9. The van der Waals surface area contributed by atoms with E-state index >= 15 is 0 Å². The van der Waals surface area contributed by atoms with Crippen LogP contribution in [-0.4, -0.2) is 31.9 Å². The van der Waals surface area contributed by atoms with E-state index < -0.39 is 0 Å². The molecule has 0 aliphatic carbocycles. The first kappa shape index (κ1) is 12.4. The minimum Gasteiger partial charge on any atom is -0.475 e. The predicted octanol–water partition coefficient (Wildman–Crippen LogP) is 2.45. The Morgan fingerprint density at radius 2 is 1.93 bits per heavy atom. The van der Waals surface area contributed by atoms with Gasteiger partial charge in [0, 0.05) is 19.6 Å². The Bertz CT molecular complexity index is 234. The summed E-state index contributed by atoms with van der Waals surface area (Å²) in [4.78, 5) is 2.28. The third kappa shape index (κ3) is 2.88. The van der Waals surface area contributed by atoms with Crippen molar-refractivity contribution in [2.45, 2.75) is 27.7 Å². The summed E-state index contributed by atoms with van der Waals surface area (Å²) in [5.41, 5.74) is 1.35. The zero-order valence-corrected chi connectivity index (χ0v) is 10.5. The maximum absolute atomic E-state index is 5.75. The largest absolute Gasteiger partial charge is 0.475 e. The minimum atomic E-state index is 0.468. The number of hydrogen-bond acceptors (Lipinski definition) is 3. The molecule has 0 bridgehead atoms. The molecule has 0 saturated heterocycles. The van der Waals surface area contributed by atoms with E-state index in [0.29, 0.717) is 18.6 Å². The van der Waals surface area contributed by atoms with Crippen LogP contribution in [0.15, 0.2) is 11.5 Å². The maximum atomic E-state index is 5.75. The molecule has 0 spiro atoms. The molecule has 0 radical (unpaired) electrons. The molecule has 0 aromatic carbocycles. The molecule has 1 aliphatic heterocycles. The van der Waals surface area contributed by atoms with Crippen LogP contribution >= 0.6 is 0 Å². The van der Waals surface area contributed by atoms with Gasteiger partial charge in [0.25, 0.3) is 0 Å². The Hall–Kier alpha value is -0.700. The number of methoxy groups -OCH3 is 1. The highest BCUT2D eigenvalue weighted by Crippen LogP contribution is 2.30. The lowest BCUT2D eigenvalue weighted by Gasteiger charge is -2.22. The molecule has 0 fully saturated rings. The molecule has 15 heavy (non-hydrogen) atoms. The van der Waals surface area contributed by atoms with Crippen LogP contribution in [0.4, 0.5) is 0 Å². The van der Waals surface area contributed by atoms with E-state index in [9.17, 15) is 0 Å². The lowest BCUT2D eigenvalue weighted by Crippen LogP contribution is -2.26. The fourth-order valence-corrected chi connectivity index (χ4v) is 1.95. The normalized spacial score (nSPS) is 16.9. The highest BCUT2D eigenvalue weighted by molar-refractivity contribution is 5.15. The van der Waals surface area contributed by atoms with E-state index in [2.05, 4.69) is 32.6 Å². The minimum absolute atomic E-state index is 0.468. The molecule has 1 aliphatic rings. The first-order valence-electron chi connectivity index (χ1n) is 5.68. The van der Waals surface area contributed by atoms with Crippen LogP contribution in [-0.2, 0) is 9.47 Å². The number of hydrogen-bond donors (Lipinski definition) is 0. The number of rotatable bonds is 5. The van der Waals surface area contributed by atoms with Crippen molar-refractivity contribution in [2.24, 2.45) is 11.8 Å². The number of ether oxygens (including phenoxy) is 2. The van der Waals surface area contributed by atoms with Crippen molar-refractivity contribution in [3.8, 4) is 0 Å². The molecule has 3 heteroatoms. The quantitative estimate of drug-likeness (QED) is 0.700. The smallest absolute Gasteiger partial charge is 0.161 e. The number of allylic oxidation sites excluding steroid dienone is 2. The second kappa shape index (κ2) is 5.40. The first-order chi connectivity index (χ1) is 7.07. The van der Waals surface area contributed by atoms with Crippen molar-refractivity contribution in [1.29, 1.82) is 0 Å². The van der Waals surface area contributed by atoms with Crippen LogP contribution in [0.1, 0.15) is 27.7 Å². The Morgan fingerprint density at radius 1 is 1.27 bits per heavy atom. The fraction of sp³-hybridized carbons (Fsp3) is 0.833. The summed E-state index contributed by atoms with van der Waals surface area (Å²) >= 11 is 0. The van der Waals surface area contributed by atoms with Crippen molar-refractivity contribution in [3.05, 3.63) is 11.5 Å². The molecule has 0 aromatic rings. The van der Waals surface area contributed by atoms with Gasteiger partial charge < -0.3 is 14.4 Å². The average molecular weight is 213 g/mol. The molecule has 1 rings (SSSR count). The van der Waals surface area contributed by atoms with Gasteiger partial charge in [-0.25, -0.2) is 0 Å². The van der Waals surface area contributed by atoms with Crippen molar-refractivity contribution < 1.29 is 9.47 Å². The summed E-state index contributed by atoms with van der Waals surface area (Å²) in [7, 11) is 1.74. The molecule has 0 unspecified atom stereocenters. The van der Waals surface area contributed by atoms with E-state index in [-0.39, 0.29) is 0 Å². The van der Waals surface area contributed by atoms with Crippen molar-refractivity contribution >= 4 is 0 Å². The van der Waals surface area contributed by atoms with Crippen molar-refractivity contribution in [2.75, 3.05) is 27.0 Å². The van der Waals surface area contributed by atoms with Gasteiger partial charge in [-0.15, -0.1) is 0 Å². The molecule has 0 aromatic heterocycles. The SMILES string of the molecule is COCCN1COC(C(C)C)=C1C(C)C. The molecule has 1 heterocycles. The van der Waals surface area contributed by atoms with E-state index in [1.54, 1.807) is 7.11 Å². The lowest BCUT2D eigenvalue weighted by molar-refractivity contribution is 0.104. The average Bonchev–Trinajstić information content (AvgIpc) is 2.58. The summed E-state index contributed by atoms with van der Waals surface area (Å²) in [6, 6.07) is 0. The second-order valence-electron chi connectivity index (χ2n) is 4.59. The van der Waals surface area contributed by atoms with Crippen LogP contribution in [0.3, 0.4) is 0 Å².